The fourth-order valence-corrected chi connectivity index (χ4v) is 2.78. The number of hydrazine groups is 1. The normalized spacial score (nSPS) is 13.3. The number of carbonyl (C=O) groups is 1. The summed E-state index contributed by atoms with van der Waals surface area (Å²) in [5.41, 5.74) is 1.95. The van der Waals surface area contributed by atoms with Crippen LogP contribution in [0.4, 0.5) is 0 Å². The molecule has 4 N–H and O–H groups in total. The topological polar surface area (TPSA) is 101 Å². The first-order valence-electron chi connectivity index (χ1n) is 5.46. The van der Waals surface area contributed by atoms with E-state index >= 15 is 0 Å². The van der Waals surface area contributed by atoms with Crippen LogP contribution in [0.5, 0.6) is 0 Å². The van der Waals surface area contributed by atoms with Gasteiger partial charge in [-0.25, -0.2) is 14.3 Å². The number of nitrogens with two attached hydrogens (primary N) is 1. The summed E-state index contributed by atoms with van der Waals surface area (Å²) in [5, 5.41) is 0. The van der Waals surface area contributed by atoms with Crippen molar-refractivity contribution in [3.63, 3.8) is 0 Å². The third kappa shape index (κ3) is 3.52. The van der Waals surface area contributed by atoms with Crippen molar-refractivity contribution in [3.8, 4) is 0 Å². The van der Waals surface area contributed by atoms with Crippen LogP contribution in [0.3, 0.4) is 0 Å². The second-order valence-corrected chi connectivity index (χ2v) is 5.88. The van der Waals surface area contributed by atoms with Gasteiger partial charge >= 0.3 is 0 Å². The number of nitrogens with one attached hydrogen (secondary N) is 2. The maximum Gasteiger partial charge on any atom is 0.252 e. The molecule has 18 heavy (non-hydrogen) atoms. The molecule has 6 nitrogen and oxygen atoms in total. The third-order valence-electron chi connectivity index (χ3n) is 2.43. The van der Waals surface area contributed by atoms with Gasteiger partial charge in [0.2, 0.25) is 10.0 Å². The van der Waals surface area contributed by atoms with Crippen molar-refractivity contribution in [2.45, 2.75) is 24.8 Å². The van der Waals surface area contributed by atoms with E-state index in [1.165, 1.54) is 12.1 Å². The van der Waals surface area contributed by atoms with Gasteiger partial charge in [-0.2, -0.15) is 4.72 Å². The standard InChI is InChI=1S/C11H17N3O3S/c1-8(2)10(11(15)13-12)14-18(16,17)9-6-4-3-5-7-9/h3-8,10,14H,12H2,1-2H3,(H,13,15). The molecule has 0 aliphatic heterocycles. The van der Waals surface area contributed by atoms with Crippen LogP contribution < -0.4 is 16.0 Å². The Labute approximate surface area is 107 Å². The molecule has 0 bridgehead atoms. The average Bonchev–Trinajstić information content (AvgIpc) is 2.36. The van der Waals surface area contributed by atoms with Crippen LogP contribution in [0.15, 0.2) is 35.2 Å². The Hall–Kier alpha value is -1.44. The van der Waals surface area contributed by atoms with Crippen LogP contribution >= 0.6 is 0 Å². The number of hydrogen-bond donors (Lipinski definition) is 3. The number of amides is 1. The Kier molecular flexibility index (Phi) is 4.83. The summed E-state index contributed by atoms with van der Waals surface area (Å²) < 4.78 is 26.4. The summed E-state index contributed by atoms with van der Waals surface area (Å²) in [6, 6.07) is 6.95. The zero-order chi connectivity index (χ0) is 13.8. The van der Waals surface area contributed by atoms with Gasteiger partial charge in [-0.3, -0.25) is 10.2 Å². The minimum absolute atomic E-state index is 0.112. The van der Waals surface area contributed by atoms with Gasteiger partial charge in [0.15, 0.2) is 0 Å². The highest BCUT2D eigenvalue weighted by Gasteiger charge is 2.27. The van der Waals surface area contributed by atoms with E-state index in [1.807, 2.05) is 5.43 Å². The fourth-order valence-electron chi connectivity index (χ4n) is 1.42. The maximum absolute atomic E-state index is 12.0. The number of sulfonamides is 1. The Bertz CT molecular complexity index is 500. The molecule has 0 fully saturated rings. The molecular formula is C11H17N3O3S. The molecule has 0 spiro atoms. The van der Waals surface area contributed by atoms with E-state index in [0.29, 0.717) is 0 Å². The smallest absolute Gasteiger partial charge is 0.252 e. The Morgan fingerprint density at radius 3 is 2.22 bits per heavy atom. The number of carbonyl (C=O) groups excluding carboxylic acids is 1. The van der Waals surface area contributed by atoms with Gasteiger partial charge in [0, 0.05) is 0 Å². The Morgan fingerprint density at radius 1 is 1.22 bits per heavy atom. The van der Waals surface area contributed by atoms with E-state index in [4.69, 9.17) is 5.84 Å². The minimum atomic E-state index is -3.73. The van der Waals surface area contributed by atoms with Crippen molar-refractivity contribution < 1.29 is 13.2 Å². The third-order valence-corrected chi connectivity index (χ3v) is 3.88. The lowest BCUT2D eigenvalue weighted by Crippen LogP contribution is -2.51. The minimum Gasteiger partial charge on any atom is -0.293 e. The molecule has 0 aliphatic rings. The number of hydrogen-bond acceptors (Lipinski definition) is 4. The highest BCUT2D eigenvalue weighted by molar-refractivity contribution is 7.89. The monoisotopic (exact) mass is 271 g/mol. The van der Waals surface area contributed by atoms with Gasteiger partial charge in [-0.05, 0) is 18.1 Å². The van der Waals surface area contributed by atoms with Crippen molar-refractivity contribution in [3.05, 3.63) is 30.3 Å². The molecule has 0 aromatic heterocycles. The van der Waals surface area contributed by atoms with Gasteiger partial charge in [0.05, 0.1) is 4.90 Å². The highest BCUT2D eigenvalue weighted by Crippen LogP contribution is 2.11. The predicted molar refractivity (Wildman–Crippen MR) is 67.7 cm³/mol. The molecule has 0 aliphatic carbocycles. The van der Waals surface area contributed by atoms with Crippen LogP contribution in [0.1, 0.15) is 13.8 Å². The van der Waals surface area contributed by atoms with Crippen molar-refractivity contribution >= 4 is 15.9 Å². The Balaban J connectivity index is 2.97. The predicted octanol–water partition coefficient (Wildman–Crippen LogP) is -0.0206. The van der Waals surface area contributed by atoms with Crippen molar-refractivity contribution in [2.75, 3.05) is 0 Å². The van der Waals surface area contributed by atoms with Crippen molar-refractivity contribution in [1.82, 2.24) is 10.1 Å². The maximum atomic E-state index is 12.0. The quantitative estimate of drug-likeness (QED) is 0.398. The SMILES string of the molecule is CC(C)C(NS(=O)(=O)c1ccccc1)C(=O)NN. The molecule has 1 aromatic rings. The van der Waals surface area contributed by atoms with Crippen LogP contribution in [0.2, 0.25) is 0 Å². The molecule has 0 saturated heterocycles. The molecule has 0 heterocycles. The van der Waals surface area contributed by atoms with E-state index in [2.05, 4.69) is 4.72 Å². The van der Waals surface area contributed by atoms with Crippen LogP contribution in [0.25, 0.3) is 0 Å². The molecular weight excluding hydrogens is 254 g/mol. The number of rotatable bonds is 5. The largest absolute Gasteiger partial charge is 0.293 e. The Morgan fingerprint density at radius 2 is 1.78 bits per heavy atom. The summed E-state index contributed by atoms with van der Waals surface area (Å²) in [5.74, 6) is 4.25. The number of benzene rings is 1. The van der Waals surface area contributed by atoms with Crippen LogP contribution in [-0.2, 0) is 14.8 Å². The van der Waals surface area contributed by atoms with E-state index < -0.39 is 22.0 Å². The molecule has 0 saturated carbocycles. The summed E-state index contributed by atoms with van der Waals surface area (Å²) in [4.78, 5) is 11.6. The average molecular weight is 271 g/mol. The van der Waals surface area contributed by atoms with Crippen molar-refractivity contribution in [1.29, 1.82) is 0 Å². The summed E-state index contributed by atoms with van der Waals surface area (Å²) in [7, 11) is -3.73. The first-order valence-corrected chi connectivity index (χ1v) is 6.94. The molecule has 1 amide bonds. The molecule has 1 unspecified atom stereocenters. The molecule has 1 aromatic carbocycles. The second kappa shape index (κ2) is 5.94. The van der Waals surface area contributed by atoms with Crippen LogP contribution in [-0.4, -0.2) is 20.4 Å². The summed E-state index contributed by atoms with van der Waals surface area (Å²) in [6.07, 6.45) is 0. The molecule has 1 rings (SSSR count). The van der Waals surface area contributed by atoms with Crippen molar-refractivity contribution in [2.24, 2.45) is 11.8 Å². The lowest BCUT2D eigenvalue weighted by atomic mass is 10.1. The van der Waals surface area contributed by atoms with Gasteiger partial charge in [-0.15, -0.1) is 0 Å². The summed E-state index contributed by atoms with van der Waals surface area (Å²) >= 11 is 0. The van der Waals surface area contributed by atoms with E-state index in [9.17, 15) is 13.2 Å². The molecule has 0 radical (unpaired) electrons. The van der Waals surface area contributed by atoms with Gasteiger partial charge in [-0.1, -0.05) is 32.0 Å². The highest BCUT2D eigenvalue weighted by atomic mass is 32.2. The van der Waals surface area contributed by atoms with E-state index in [-0.39, 0.29) is 10.8 Å². The first-order chi connectivity index (χ1) is 8.38. The molecule has 7 heteroatoms. The van der Waals surface area contributed by atoms with E-state index in [1.54, 1.807) is 32.0 Å². The zero-order valence-electron chi connectivity index (χ0n) is 10.3. The lowest BCUT2D eigenvalue weighted by molar-refractivity contribution is -0.123. The first kappa shape index (κ1) is 14.6. The van der Waals surface area contributed by atoms with E-state index in [0.717, 1.165) is 0 Å². The fraction of sp³-hybridized carbons (Fsp3) is 0.364. The van der Waals surface area contributed by atoms with Gasteiger partial charge in [0.1, 0.15) is 6.04 Å². The summed E-state index contributed by atoms with van der Waals surface area (Å²) in [6.45, 7) is 3.46. The van der Waals surface area contributed by atoms with Crippen LogP contribution in [0, 0.1) is 5.92 Å². The van der Waals surface area contributed by atoms with Gasteiger partial charge < -0.3 is 0 Å². The second-order valence-electron chi connectivity index (χ2n) is 4.16. The zero-order valence-corrected chi connectivity index (χ0v) is 11.1. The van der Waals surface area contributed by atoms with Gasteiger partial charge in [0.25, 0.3) is 5.91 Å². The molecule has 1 atom stereocenters. The lowest BCUT2D eigenvalue weighted by Gasteiger charge is -2.20. The molecule has 100 valence electrons.